The van der Waals surface area contributed by atoms with Crippen LogP contribution in [0.25, 0.3) is 0 Å². The maximum Gasteiger partial charge on any atom is 0.165 e. The Morgan fingerprint density at radius 2 is 2.42 bits per heavy atom. The third-order valence-electron chi connectivity index (χ3n) is 3.64. The summed E-state index contributed by atoms with van der Waals surface area (Å²) < 4.78 is 1.87. The first-order valence-corrected chi connectivity index (χ1v) is 7.40. The van der Waals surface area contributed by atoms with Gasteiger partial charge < -0.3 is 0 Å². The maximum absolute atomic E-state index is 9.13. The second-order valence-electron chi connectivity index (χ2n) is 4.96. The van der Waals surface area contributed by atoms with E-state index in [9.17, 15) is 0 Å². The fourth-order valence-corrected chi connectivity index (χ4v) is 3.36. The first-order valence-electron chi connectivity index (χ1n) is 6.46. The van der Waals surface area contributed by atoms with Crippen molar-refractivity contribution < 1.29 is 0 Å². The molecule has 0 radical (unpaired) electrons. The molecule has 0 fully saturated rings. The van der Waals surface area contributed by atoms with E-state index in [1.165, 1.54) is 11.3 Å². The number of hydrogen-bond acceptors (Lipinski definition) is 4. The number of nitrogens with zero attached hydrogens (tertiary/aromatic N) is 4. The summed E-state index contributed by atoms with van der Waals surface area (Å²) >= 11 is 1.74. The zero-order valence-electron chi connectivity index (χ0n) is 11.0. The largest absolute Gasteiger partial charge is 0.293 e. The van der Waals surface area contributed by atoms with Gasteiger partial charge in [-0.15, -0.1) is 0 Å². The highest BCUT2D eigenvalue weighted by atomic mass is 32.1. The van der Waals surface area contributed by atoms with Crippen molar-refractivity contribution in [2.24, 2.45) is 7.05 Å². The quantitative estimate of drug-likeness (QED) is 0.842. The molecule has 0 spiro atoms. The van der Waals surface area contributed by atoms with Gasteiger partial charge in [-0.2, -0.15) is 21.7 Å². The summed E-state index contributed by atoms with van der Waals surface area (Å²) in [6.45, 7) is 2.95. The molecule has 0 saturated carbocycles. The Morgan fingerprint density at radius 1 is 1.53 bits per heavy atom. The second kappa shape index (κ2) is 5.16. The maximum atomic E-state index is 9.13. The second-order valence-corrected chi connectivity index (χ2v) is 5.74. The topological polar surface area (TPSA) is 44.9 Å². The highest BCUT2D eigenvalue weighted by Crippen LogP contribution is 2.22. The van der Waals surface area contributed by atoms with Gasteiger partial charge >= 0.3 is 0 Å². The predicted octanol–water partition coefficient (Wildman–Crippen LogP) is 2.30. The van der Waals surface area contributed by atoms with Gasteiger partial charge in [-0.25, -0.2) is 0 Å². The number of rotatable bonds is 2. The van der Waals surface area contributed by atoms with Crippen LogP contribution in [0.3, 0.4) is 0 Å². The molecule has 3 rings (SSSR count). The smallest absolute Gasteiger partial charge is 0.165 e. The number of fused-ring (bicyclic) bond motifs is 1. The van der Waals surface area contributed by atoms with Crippen molar-refractivity contribution >= 4 is 11.3 Å². The molecule has 5 heteroatoms. The number of aryl methyl sites for hydroxylation is 1. The molecular weight excluding hydrogens is 256 g/mol. The number of aromatic nitrogens is 2. The van der Waals surface area contributed by atoms with Crippen LogP contribution in [0.1, 0.15) is 28.9 Å². The zero-order valence-corrected chi connectivity index (χ0v) is 11.8. The molecule has 19 heavy (non-hydrogen) atoms. The van der Waals surface area contributed by atoms with Crippen LogP contribution in [0.15, 0.2) is 16.8 Å². The average Bonchev–Trinajstić information content (AvgIpc) is 2.94. The van der Waals surface area contributed by atoms with E-state index >= 15 is 0 Å². The third-order valence-corrected chi connectivity index (χ3v) is 4.37. The first kappa shape index (κ1) is 12.4. The Balaban J connectivity index is 1.84. The fraction of sp³-hybridized carbons (Fsp3) is 0.429. The summed E-state index contributed by atoms with van der Waals surface area (Å²) in [5.74, 6) is 0. The lowest BCUT2D eigenvalue weighted by Gasteiger charge is -2.19. The Morgan fingerprint density at radius 3 is 3.16 bits per heavy atom. The number of thiophene rings is 1. The van der Waals surface area contributed by atoms with Gasteiger partial charge in [0.15, 0.2) is 5.69 Å². The molecule has 1 aliphatic rings. The Bertz CT molecular complexity index is 606. The average molecular weight is 272 g/mol. The molecule has 0 atom stereocenters. The van der Waals surface area contributed by atoms with Gasteiger partial charge in [0.1, 0.15) is 6.07 Å². The summed E-state index contributed by atoms with van der Waals surface area (Å²) in [4.78, 5) is 2.44. The summed E-state index contributed by atoms with van der Waals surface area (Å²) in [5, 5.41) is 17.8. The van der Waals surface area contributed by atoms with Crippen molar-refractivity contribution in [1.29, 1.82) is 5.26 Å². The van der Waals surface area contributed by atoms with E-state index in [0.29, 0.717) is 5.69 Å². The summed E-state index contributed by atoms with van der Waals surface area (Å²) in [6, 6.07) is 4.40. The number of hydrogen-bond donors (Lipinski definition) is 0. The van der Waals surface area contributed by atoms with E-state index in [0.717, 1.165) is 38.0 Å². The van der Waals surface area contributed by atoms with Gasteiger partial charge in [0, 0.05) is 25.7 Å². The van der Waals surface area contributed by atoms with Crippen molar-refractivity contribution in [2.75, 3.05) is 6.54 Å². The standard InChI is InChI=1S/C14H16N4S/c1-17-14-9-18(8-11-4-6-19-10-11)5-2-3-12(14)13(7-15)16-17/h4,6,10H,2-3,5,8-9H2,1H3. The van der Waals surface area contributed by atoms with Crippen molar-refractivity contribution in [3.63, 3.8) is 0 Å². The minimum atomic E-state index is 0.606. The van der Waals surface area contributed by atoms with Gasteiger partial charge in [-0.05, 0) is 41.8 Å². The van der Waals surface area contributed by atoms with E-state index < -0.39 is 0 Å². The van der Waals surface area contributed by atoms with Gasteiger partial charge in [0.05, 0.1) is 5.69 Å². The van der Waals surface area contributed by atoms with Crippen LogP contribution in [-0.4, -0.2) is 21.2 Å². The van der Waals surface area contributed by atoms with Crippen LogP contribution in [0, 0.1) is 11.3 Å². The highest BCUT2D eigenvalue weighted by molar-refractivity contribution is 7.07. The van der Waals surface area contributed by atoms with Crippen LogP contribution >= 0.6 is 11.3 Å². The normalized spacial score (nSPS) is 15.8. The van der Waals surface area contributed by atoms with Gasteiger partial charge in [-0.3, -0.25) is 9.58 Å². The van der Waals surface area contributed by atoms with E-state index in [1.807, 2.05) is 11.7 Å². The fourth-order valence-electron chi connectivity index (χ4n) is 2.70. The molecule has 0 unspecified atom stereocenters. The summed E-state index contributed by atoms with van der Waals surface area (Å²) in [7, 11) is 1.94. The van der Waals surface area contributed by atoms with E-state index in [-0.39, 0.29) is 0 Å². The molecule has 4 nitrogen and oxygen atoms in total. The molecule has 0 aromatic carbocycles. The summed E-state index contributed by atoms with van der Waals surface area (Å²) in [6.07, 6.45) is 2.06. The summed E-state index contributed by atoms with van der Waals surface area (Å²) in [5.41, 5.74) is 4.33. The number of nitriles is 1. The molecule has 3 heterocycles. The first-order chi connectivity index (χ1) is 9.28. The molecule has 2 aromatic rings. The minimum Gasteiger partial charge on any atom is -0.293 e. The highest BCUT2D eigenvalue weighted by Gasteiger charge is 2.21. The molecule has 0 saturated heterocycles. The van der Waals surface area contributed by atoms with Crippen LogP contribution < -0.4 is 0 Å². The van der Waals surface area contributed by atoms with E-state index in [4.69, 9.17) is 5.26 Å². The monoisotopic (exact) mass is 272 g/mol. The van der Waals surface area contributed by atoms with E-state index in [2.05, 4.69) is 32.9 Å². The molecule has 1 aliphatic heterocycles. The zero-order chi connectivity index (χ0) is 13.2. The van der Waals surface area contributed by atoms with Crippen molar-refractivity contribution in [1.82, 2.24) is 14.7 Å². The van der Waals surface area contributed by atoms with Crippen LogP contribution in [0.4, 0.5) is 0 Å². The Hall–Kier alpha value is -1.64. The van der Waals surface area contributed by atoms with Crippen molar-refractivity contribution in [3.8, 4) is 6.07 Å². The lowest BCUT2D eigenvalue weighted by atomic mass is 10.1. The Kier molecular flexibility index (Phi) is 3.36. The lowest BCUT2D eigenvalue weighted by molar-refractivity contribution is 0.255. The molecule has 0 amide bonds. The lowest BCUT2D eigenvalue weighted by Crippen LogP contribution is -2.23. The van der Waals surface area contributed by atoms with Crippen LogP contribution in [0.5, 0.6) is 0 Å². The van der Waals surface area contributed by atoms with Gasteiger partial charge in [0.25, 0.3) is 0 Å². The SMILES string of the molecule is Cn1nc(C#N)c2c1CN(Cc1ccsc1)CCC2. The molecule has 0 aliphatic carbocycles. The minimum absolute atomic E-state index is 0.606. The van der Waals surface area contributed by atoms with Crippen LogP contribution in [0.2, 0.25) is 0 Å². The molecule has 98 valence electrons. The van der Waals surface area contributed by atoms with Crippen molar-refractivity contribution in [3.05, 3.63) is 39.3 Å². The Labute approximate surface area is 116 Å². The molecule has 0 N–H and O–H groups in total. The molecule has 2 aromatic heterocycles. The van der Waals surface area contributed by atoms with Crippen LogP contribution in [-0.2, 0) is 26.6 Å². The van der Waals surface area contributed by atoms with Gasteiger partial charge in [-0.1, -0.05) is 0 Å². The predicted molar refractivity (Wildman–Crippen MR) is 74.7 cm³/mol. The van der Waals surface area contributed by atoms with E-state index in [1.54, 1.807) is 11.3 Å². The molecule has 0 bridgehead atoms. The molecular formula is C14H16N4S. The van der Waals surface area contributed by atoms with Gasteiger partial charge in [0.2, 0.25) is 0 Å². The van der Waals surface area contributed by atoms with Crippen molar-refractivity contribution in [2.45, 2.75) is 25.9 Å². The third kappa shape index (κ3) is 2.42.